The fraction of sp³-hybridized carbons (Fsp3) is 0.278. The molecule has 0 saturated heterocycles. The molecule has 2 aromatic rings. The number of carbonyl (C=O) groups excluding carboxylic acids is 2. The summed E-state index contributed by atoms with van der Waals surface area (Å²) in [5, 5.41) is 2.97. The third-order valence-electron chi connectivity index (χ3n) is 3.59. The Morgan fingerprint density at radius 3 is 2.61 bits per heavy atom. The van der Waals surface area contributed by atoms with Crippen LogP contribution in [-0.2, 0) is 17.8 Å². The second-order valence-corrected chi connectivity index (χ2v) is 5.62. The lowest BCUT2D eigenvalue weighted by molar-refractivity contribution is -0.684. The summed E-state index contributed by atoms with van der Waals surface area (Å²) in [6.07, 6.45) is 5.12. The number of nitrogens with one attached hydrogen (secondary N) is 1. The Kier molecular flexibility index (Phi) is 5.86. The van der Waals surface area contributed by atoms with E-state index >= 15 is 0 Å². The Labute approximate surface area is 136 Å². The largest absolute Gasteiger partial charge is 0.365 e. The summed E-state index contributed by atoms with van der Waals surface area (Å²) in [5.74, 6) is -0.590. The minimum Gasteiger partial charge on any atom is -0.365 e. The van der Waals surface area contributed by atoms with Gasteiger partial charge in [0.15, 0.2) is 12.4 Å². The van der Waals surface area contributed by atoms with Gasteiger partial charge in [0.2, 0.25) is 6.54 Å². The number of benzene rings is 1. The zero-order valence-electron chi connectivity index (χ0n) is 13.2. The van der Waals surface area contributed by atoms with Crippen molar-refractivity contribution in [3.63, 3.8) is 0 Å². The Hall–Kier alpha value is -2.69. The Bertz CT molecular complexity index is 671. The number of aryl methyl sites for hydroxylation is 1. The lowest BCUT2D eigenvalue weighted by Gasteiger charge is -2.12. The number of hydrogen-bond acceptors (Lipinski definition) is 2. The van der Waals surface area contributed by atoms with Crippen molar-refractivity contribution in [1.29, 1.82) is 0 Å². The fourth-order valence-electron chi connectivity index (χ4n) is 2.35. The van der Waals surface area contributed by atoms with Crippen LogP contribution in [0.5, 0.6) is 0 Å². The average Bonchev–Trinajstić information content (AvgIpc) is 2.54. The standard InChI is InChI=1S/C18H21N3O2/c1-14(9-10-15-6-3-2-4-7-15)20-17(22)13-21-11-5-8-16(12-21)18(19)23/h2-8,11-12,14H,9-10,13H2,1H3,(H2-,19,20,22,23)/p+1/t14-/m0/s1. The normalized spacial score (nSPS) is 11.7. The highest BCUT2D eigenvalue weighted by atomic mass is 16.2. The van der Waals surface area contributed by atoms with Crippen molar-refractivity contribution in [3.05, 3.63) is 66.0 Å². The van der Waals surface area contributed by atoms with Gasteiger partial charge < -0.3 is 11.1 Å². The number of hydrogen-bond donors (Lipinski definition) is 2. The molecule has 23 heavy (non-hydrogen) atoms. The van der Waals surface area contributed by atoms with Crippen molar-refractivity contribution in [2.45, 2.75) is 32.4 Å². The van der Waals surface area contributed by atoms with Crippen LogP contribution in [0.3, 0.4) is 0 Å². The number of nitrogens with two attached hydrogens (primary N) is 1. The number of primary amides is 1. The highest BCUT2D eigenvalue weighted by Gasteiger charge is 2.14. The van der Waals surface area contributed by atoms with Crippen molar-refractivity contribution in [2.24, 2.45) is 5.73 Å². The van der Waals surface area contributed by atoms with Crippen LogP contribution in [0.2, 0.25) is 0 Å². The predicted octanol–water partition coefficient (Wildman–Crippen LogP) is 1.21. The molecular formula is C18H22N3O2+. The summed E-state index contributed by atoms with van der Waals surface area (Å²) in [4.78, 5) is 23.2. The van der Waals surface area contributed by atoms with Crippen LogP contribution < -0.4 is 15.6 Å². The lowest BCUT2D eigenvalue weighted by atomic mass is 10.1. The van der Waals surface area contributed by atoms with E-state index in [0.29, 0.717) is 5.56 Å². The summed E-state index contributed by atoms with van der Waals surface area (Å²) in [5.41, 5.74) is 6.88. The molecule has 0 aliphatic heterocycles. The molecule has 1 aromatic carbocycles. The fourth-order valence-corrected chi connectivity index (χ4v) is 2.35. The molecule has 5 nitrogen and oxygen atoms in total. The molecule has 2 amide bonds. The summed E-state index contributed by atoms with van der Waals surface area (Å²) in [6, 6.07) is 13.6. The number of rotatable bonds is 7. The molecule has 0 saturated carbocycles. The molecular weight excluding hydrogens is 290 g/mol. The molecule has 1 aromatic heterocycles. The average molecular weight is 312 g/mol. The summed E-state index contributed by atoms with van der Waals surface area (Å²) in [6.45, 7) is 2.15. The SMILES string of the molecule is C[C@@H](CCc1ccccc1)NC(=O)C[n+]1cccc(C(N)=O)c1. The molecule has 120 valence electrons. The molecule has 0 bridgehead atoms. The molecule has 0 fully saturated rings. The monoisotopic (exact) mass is 312 g/mol. The molecule has 0 aliphatic rings. The predicted molar refractivity (Wildman–Crippen MR) is 87.5 cm³/mol. The van der Waals surface area contributed by atoms with Crippen LogP contribution in [0.4, 0.5) is 0 Å². The smallest absolute Gasteiger partial charge is 0.286 e. The van der Waals surface area contributed by atoms with Crippen LogP contribution in [0.25, 0.3) is 0 Å². The van der Waals surface area contributed by atoms with Crippen LogP contribution in [-0.4, -0.2) is 17.9 Å². The van der Waals surface area contributed by atoms with Gasteiger partial charge in [-0.15, -0.1) is 0 Å². The van der Waals surface area contributed by atoms with Gasteiger partial charge in [-0.3, -0.25) is 9.59 Å². The maximum absolute atomic E-state index is 12.1. The topological polar surface area (TPSA) is 76.1 Å². The third-order valence-corrected chi connectivity index (χ3v) is 3.59. The molecule has 1 heterocycles. The number of aromatic nitrogens is 1. The molecule has 0 aliphatic carbocycles. The van der Waals surface area contributed by atoms with E-state index in [0.717, 1.165) is 12.8 Å². The first-order valence-corrected chi connectivity index (χ1v) is 7.67. The van der Waals surface area contributed by atoms with Crippen molar-refractivity contribution >= 4 is 11.8 Å². The summed E-state index contributed by atoms with van der Waals surface area (Å²) in [7, 11) is 0. The van der Waals surface area contributed by atoms with Gasteiger partial charge in [0.05, 0.1) is 0 Å². The highest BCUT2D eigenvalue weighted by molar-refractivity contribution is 5.92. The van der Waals surface area contributed by atoms with E-state index in [1.165, 1.54) is 5.56 Å². The first-order chi connectivity index (χ1) is 11.0. The molecule has 2 rings (SSSR count). The van der Waals surface area contributed by atoms with E-state index in [9.17, 15) is 9.59 Å². The van der Waals surface area contributed by atoms with Gasteiger partial charge >= 0.3 is 0 Å². The third kappa shape index (κ3) is 5.54. The van der Waals surface area contributed by atoms with E-state index < -0.39 is 5.91 Å². The van der Waals surface area contributed by atoms with E-state index in [4.69, 9.17) is 5.73 Å². The van der Waals surface area contributed by atoms with E-state index in [1.807, 2.05) is 25.1 Å². The minimum absolute atomic E-state index is 0.0858. The van der Waals surface area contributed by atoms with E-state index in [1.54, 1.807) is 29.1 Å². The Balaban J connectivity index is 1.82. The summed E-state index contributed by atoms with van der Waals surface area (Å²) < 4.78 is 1.65. The van der Waals surface area contributed by atoms with Crippen molar-refractivity contribution in [3.8, 4) is 0 Å². The van der Waals surface area contributed by atoms with Gasteiger partial charge in [-0.25, -0.2) is 0 Å². The van der Waals surface area contributed by atoms with Crippen molar-refractivity contribution in [1.82, 2.24) is 5.32 Å². The van der Waals surface area contributed by atoms with Crippen LogP contribution in [0.15, 0.2) is 54.9 Å². The van der Waals surface area contributed by atoms with Gasteiger partial charge in [0, 0.05) is 12.1 Å². The van der Waals surface area contributed by atoms with E-state index in [-0.39, 0.29) is 18.5 Å². The maximum atomic E-state index is 12.1. The molecule has 1 atom stereocenters. The second-order valence-electron chi connectivity index (χ2n) is 5.62. The number of amides is 2. The van der Waals surface area contributed by atoms with Gasteiger partial charge in [0.1, 0.15) is 5.56 Å². The van der Waals surface area contributed by atoms with Gasteiger partial charge in [-0.1, -0.05) is 30.3 Å². The second kappa shape index (κ2) is 8.08. The first kappa shape index (κ1) is 16.7. The van der Waals surface area contributed by atoms with Gasteiger partial charge in [-0.2, -0.15) is 4.57 Å². The van der Waals surface area contributed by atoms with Crippen LogP contribution in [0.1, 0.15) is 29.3 Å². The zero-order chi connectivity index (χ0) is 16.7. The Morgan fingerprint density at radius 2 is 1.91 bits per heavy atom. The summed E-state index contributed by atoms with van der Waals surface area (Å²) >= 11 is 0. The van der Waals surface area contributed by atoms with Crippen LogP contribution in [0, 0.1) is 0 Å². The molecule has 0 radical (unpaired) electrons. The molecule has 3 N–H and O–H groups in total. The molecule has 5 heteroatoms. The van der Waals surface area contributed by atoms with E-state index in [2.05, 4.69) is 17.4 Å². The van der Waals surface area contributed by atoms with Crippen LogP contribution >= 0.6 is 0 Å². The van der Waals surface area contributed by atoms with Gasteiger partial charge in [0.25, 0.3) is 11.8 Å². The molecule has 0 spiro atoms. The highest BCUT2D eigenvalue weighted by Crippen LogP contribution is 2.04. The maximum Gasteiger partial charge on any atom is 0.286 e. The van der Waals surface area contributed by atoms with Crippen molar-refractivity contribution in [2.75, 3.05) is 0 Å². The van der Waals surface area contributed by atoms with Gasteiger partial charge in [-0.05, 0) is 31.4 Å². The quantitative estimate of drug-likeness (QED) is 0.754. The Morgan fingerprint density at radius 1 is 1.17 bits per heavy atom. The number of carbonyl (C=O) groups is 2. The number of nitrogens with zero attached hydrogens (tertiary/aromatic N) is 1. The molecule has 0 unspecified atom stereocenters. The zero-order valence-corrected chi connectivity index (χ0v) is 13.2. The first-order valence-electron chi connectivity index (χ1n) is 7.67. The lowest BCUT2D eigenvalue weighted by Crippen LogP contribution is -2.45. The van der Waals surface area contributed by atoms with Crippen molar-refractivity contribution < 1.29 is 14.2 Å². The minimum atomic E-state index is -0.504. The number of pyridine rings is 1.